The van der Waals surface area contributed by atoms with Crippen LogP contribution in [0.15, 0.2) is 30.3 Å². The van der Waals surface area contributed by atoms with Crippen molar-refractivity contribution in [1.82, 2.24) is 9.88 Å². The summed E-state index contributed by atoms with van der Waals surface area (Å²) in [5.41, 5.74) is 1.57. The molecule has 1 aromatic heterocycles. The van der Waals surface area contributed by atoms with Crippen molar-refractivity contribution in [3.63, 3.8) is 0 Å². The van der Waals surface area contributed by atoms with E-state index in [1.807, 2.05) is 35.2 Å². The van der Waals surface area contributed by atoms with Gasteiger partial charge in [0.2, 0.25) is 0 Å². The van der Waals surface area contributed by atoms with Crippen molar-refractivity contribution in [2.45, 2.75) is 31.5 Å². The second-order valence-corrected chi connectivity index (χ2v) is 5.84. The number of aromatic nitrogens is 1. The zero-order valence-electron chi connectivity index (χ0n) is 13.0. The van der Waals surface area contributed by atoms with Crippen molar-refractivity contribution in [2.24, 2.45) is 0 Å². The van der Waals surface area contributed by atoms with E-state index in [0.717, 1.165) is 16.6 Å². The van der Waals surface area contributed by atoms with Gasteiger partial charge in [-0.2, -0.15) is 0 Å². The third kappa shape index (κ3) is 3.28. The fourth-order valence-electron chi connectivity index (χ4n) is 3.06. The molecule has 0 radical (unpaired) electrons. The molecule has 1 aromatic carbocycles. The Bertz CT molecular complexity index is 719. The minimum Gasteiger partial charge on any atom is -0.494 e. The number of hydrogen-bond acceptors (Lipinski definition) is 5. The number of hydrogen-bond donors (Lipinski definition) is 2. The van der Waals surface area contributed by atoms with Crippen LogP contribution in [0.1, 0.15) is 18.5 Å². The molecule has 2 N–H and O–H groups in total. The molecule has 2 aromatic rings. The van der Waals surface area contributed by atoms with Gasteiger partial charge in [0.25, 0.3) is 0 Å². The molecule has 3 rings (SSSR count). The Morgan fingerprint density at radius 1 is 1.39 bits per heavy atom. The number of methoxy groups -OCH3 is 1. The smallest absolute Gasteiger partial charge is 0.321 e. The third-order valence-corrected chi connectivity index (χ3v) is 4.30. The van der Waals surface area contributed by atoms with Gasteiger partial charge in [0.1, 0.15) is 17.3 Å². The van der Waals surface area contributed by atoms with Crippen LogP contribution < -0.4 is 4.74 Å². The van der Waals surface area contributed by atoms with Crippen LogP contribution in [0.25, 0.3) is 10.9 Å². The van der Waals surface area contributed by atoms with E-state index in [0.29, 0.717) is 25.3 Å². The molecule has 6 nitrogen and oxygen atoms in total. The van der Waals surface area contributed by atoms with Crippen LogP contribution in [0.3, 0.4) is 0 Å². The van der Waals surface area contributed by atoms with Crippen molar-refractivity contribution in [3.05, 3.63) is 36.0 Å². The summed E-state index contributed by atoms with van der Waals surface area (Å²) in [7, 11) is 1.61. The summed E-state index contributed by atoms with van der Waals surface area (Å²) in [5, 5.41) is 20.0. The van der Waals surface area contributed by atoms with Gasteiger partial charge in [0.15, 0.2) is 0 Å². The maximum Gasteiger partial charge on any atom is 0.321 e. The maximum absolute atomic E-state index is 11.4. The van der Waals surface area contributed by atoms with E-state index >= 15 is 0 Å². The fourth-order valence-corrected chi connectivity index (χ4v) is 3.06. The first kappa shape index (κ1) is 15.7. The van der Waals surface area contributed by atoms with Gasteiger partial charge in [-0.05, 0) is 25.0 Å². The molecule has 1 aliphatic rings. The number of likely N-dealkylation sites (tertiary alicyclic amines) is 1. The number of ether oxygens (including phenoxy) is 1. The zero-order valence-corrected chi connectivity index (χ0v) is 13.0. The molecule has 1 aliphatic heterocycles. The van der Waals surface area contributed by atoms with Crippen molar-refractivity contribution in [2.75, 3.05) is 13.7 Å². The van der Waals surface area contributed by atoms with Crippen LogP contribution >= 0.6 is 0 Å². The summed E-state index contributed by atoms with van der Waals surface area (Å²) in [4.78, 5) is 17.9. The number of aliphatic hydroxyl groups is 1. The summed E-state index contributed by atoms with van der Waals surface area (Å²) < 4.78 is 5.34. The first-order valence-corrected chi connectivity index (χ1v) is 7.66. The predicted octanol–water partition coefficient (Wildman–Crippen LogP) is 1.65. The molecular weight excluding hydrogens is 296 g/mol. The van der Waals surface area contributed by atoms with E-state index in [4.69, 9.17) is 4.74 Å². The van der Waals surface area contributed by atoms with Gasteiger partial charge in [-0.1, -0.05) is 18.2 Å². The second kappa shape index (κ2) is 6.52. The quantitative estimate of drug-likeness (QED) is 0.892. The van der Waals surface area contributed by atoms with Crippen molar-refractivity contribution in [1.29, 1.82) is 0 Å². The molecule has 2 heterocycles. The highest BCUT2D eigenvalue weighted by atomic mass is 16.5. The highest BCUT2D eigenvalue weighted by Gasteiger charge is 2.32. The topological polar surface area (TPSA) is 82.9 Å². The fraction of sp³-hybridized carbons (Fsp3) is 0.412. The van der Waals surface area contributed by atoms with Gasteiger partial charge in [0, 0.05) is 18.5 Å². The average molecular weight is 316 g/mol. The van der Waals surface area contributed by atoms with Gasteiger partial charge in [-0.15, -0.1) is 0 Å². The van der Waals surface area contributed by atoms with E-state index < -0.39 is 18.1 Å². The van der Waals surface area contributed by atoms with Crippen LogP contribution in [-0.2, 0) is 11.3 Å². The third-order valence-electron chi connectivity index (χ3n) is 4.30. The Hall–Kier alpha value is -2.18. The summed E-state index contributed by atoms with van der Waals surface area (Å²) in [6.45, 7) is 0.988. The highest BCUT2D eigenvalue weighted by molar-refractivity contribution is 5.84. The number of carboxylic acids is 1. The van der Waals surface area contributed by atoms with Crippen molar-refractivity contribution >= 4 is 16.9 Å². The van der Waals surface area contributed by atoms with Gasteiger partial charge in [-0.3, -0.25) is 9.69 Å². The number of carboxylic acid groups (broad SMARTS) is 1. The predicted molar refractivity (Wildman–Crippen MR) is 85.4 cm³/mol. The Morgan fingerprint density at radius 2 is 2.22 bits per heavy atom. The van der Waals surface area contributed by atoms with Crippen LogP contribution in [0.5, 0.6) is 5.75 Å². The lowest BCUT2D eigenvalue weighted by Gasteiger charge is -2.35. The van der Waals surface area contributed by atoms with Crippen LogP contribution in [0, 0.1) is 0 Å². The van der Waals surface area contributed by atoms with Gasteiger partial charge in [0.05, 0.1) is 18.9 Å². The number of aliphatic carboxylic acids is 1. The van der Waals surface area contributed by atoms with E-state index in [1.165, 1.54) is 0 Å². The van der Waals surface area contributed by atoms with Gasteiger partial charge >= 0.3 is 5.97 Å². The molecule has 2 atom stereocenters. The molecule has 0 bridgehead atoms. The first-order chi connectivity index (χ1) is 11.1. The average Bonchev–Trinajstić information content (AvgIpc) is 2.55. The molecule has 0 spiro atoms. The van der Waals surface area contributed by atoms with Gasteiger partial charge in [-0.25, -0.2) is 4.98 Å². The summed E-state index contributed by atoms with van der Waals surface area (Å²) in [5.74, 6) is -0.199. The minimum atomic E-state index is -0.901. The lowest BCUT2D eigenvalue weighted by Crippen LogP contribution is -2.48. The van der Waals surface area contributed by atoms with Crippen LogP contribution in [0.2, 0.25) is 0 Å². The first-order valence-electron chi connectivity index (χ1n) is 7.66. The van der Waals surface area contributed by atoms with E-state index in [1.54, 1.807) is 7.11 Å². The Morgan fingerprint density at radius 3 is 2.96 bits per heavy atom. The Labute approximate surface area is 134 Å². The van der Waals surface area contributed by atoms with E-state index in [9.17, 15) is 15.0 Å². The lowest BCUT2D eigenvalue weighted by molar-refractivity contribution is -0.147. The number of rotatable bonds is 4. The number of para-hydroxylation sites is 1. The van der Waals surface area contributed by atoms with Crippen molar-refractivity contribution < 1.29 is 19.7 Å². The lowest BCUT2D eigenvalue weighted by atomic mass is 9.99. The minimum absolute atomic E-state index is 0.256. The SMILES string of the molecule is COc1cccc2ccc(CN3CC[C@H](O)C[C@@H]3C(=O)O)nc12. The number of carbonyl (C=O) groups is 1. The number of pyridine rings is 1. The number of piperidine rings is 1. The molecule has 122 valence electrons. The molecule has 0 aliphatic carbocycles. The summed E-state index contributed by atoms with van der Waals surface area (Å²) in [6, 6.07) is 8.94. The zero-order chi connectivity index (χ0) is 16.4. The number of aliphatic hydroxyl groups excluding tert-OH is 1. The largest absolute Gasteiger partial charge is 0.494 e. The molecule has 6 heteroatoms. The maximum atomic E-state index is 11.4. The second-order valence-electron chi connectivity index (χ2n) is 5.84. The molecule has 0 saturated carbocycles. The number of fused-ring (bicyclic) bond motifs is 1. The van der Waals surface area contributed by atoms with Crippen molar-refractivity contribution in [3.8, 4) is 5.75 Å². The molecule has 0 unspecified atom stereocenters. The summed E-state index contributed by atoms with van der Waals surface area (Å²) >= 11 is 0. The normalized spacial score (nSPS) is 22.2. The molecule has 0 amide bonds. The van der Waals surface area contributed by atoms with Crippen LogP contribution in [-0.4, -0.2) is 51.9 Å². The van der Waals surface area contributed by atoms with E-state index in [2.05, 4.69) is 4.98 Å². The Kier molecular flexibility index (Phi) is 4.45. The Balaban J connectivity index is 1.87. The van der Waals surface area contributed by atoms with E-state index in [-0.39, 0.29) is 6.42 Å². The molecule has 23 heavy (non-hydrogen) atoms. The van der Waals surface area contributed by atoms with Gasteiger partial charge < -0.3 is 14.9 Å². The number of nitrogens with zero attached hydrogens (tertiary/aromatic N) is 2. The number of benzene rings is 1. The monoisotopic (exact) mass is 316 g/mol. The highest BCUT2D eigenvalue weighted by Crippen LogP contribution is 2.25. The molecule has 1 saturated heterocycles. The summed E-state index contributed by atoms with van der Waals surface area (Å²) in [6.07, 6.45) is 0.296. The van der Waals surface area contributed by atoms with Crippen LogP contribution in [0.4, 0.5) is 0 Å². The molecular formula is C17H20N2O4. The molecule has 1 fully saturated rings. The standard InChI is InChI=1S/C17H20N2O4/c1-23-15-4-2-3-11-5-6-12(18-16(11)15)10-19-8-7-13(20)9-14(19)17(21)22/h2-6,13-14,20H,7-10H2,1H3,(H,21,22)/t13-,14+/m0/s1.